The van der Waals surface area contributed by atoms with Crippen LogP contribution in [0.5, 0.6) is 0 Å². The zero-order chi connectivity index (χ0) is 13.8. The molecular weight excluding hydrogens is 256 g/mol. The Balaban J connectivity index is 1.96. The van der Waals surface area contributed by atoms with Gasteiger partial charge in [-0.2, -0.15) is 5.26 Å². The lowest BCUT2D eigenvalue weighted by atomic mass is 9.84. The van der Waals surface area contributed by atoms with E-state index in [0.29, 0.717) is 22.4 Å². The molecular formula is C16H19ClN2. The van der Waals surface area contributed by atoms with Crippen molar-refractivity contribution < 1.29 is 0 Å². The van der Waals surface area contributed by atoms with E-state index in [1.54, 1.807) is 12.1 Å². The van der Waals surface area contributed by atoms with E-state index in [9.17, 15) is 0 Å². The number of rotatable bonds is 3. The van der Waals surface area contributed by atoms with Crippen LogP contribution in [0, 0.1) is 23.2 Å². The van der Waals surface area contributed by atoms with Gasteiger partial charge in [0.25, 0.3) is 0 Å². The minimum atomic E-state index is 0.598. The molecule has 1 aliphatic rings. The second kappa shape index (κ2) is 6.12. The van der Waals surface area contributed by atoms with Gasteiger partial charge in [0.2, 0.25) is 0 Å². The third-order valence-corrected chi connectivity index (χ3v) is 3.88. The maximum absolute atomic E-state index is 8.81. The molecule has 0 amide bonds. The van der Waals surface area contributed by atoms with Crippen LogP contribution in [0.15, 0.2) is 29.8 Å². The molecule has 19 heavy (non-hydrogen) atoms. The van der Waals surface area contributed by atoms with E-state index in [4.69, 9.17) is 16.9 Å². The largest absolute Gasteiger partial charge is 0.384 e. The average Bonchev–Trinajstić information content (AvgIpc) is 2.36. The van der Waals surface area contributed by atoms with E-state index in [1.165, 1.54) is 12.0 Å². The number of nitrogens with zero attached hydrogens (tertiary/aromatic N) is 1. The van der Waals surface area contributed by atoms with Gasteiger partial charge in [-0.25, -0.2) is 0 Å². The second-order valence-corrected chi connectivity index (χ2v) is 5.89. The van der Waals surface area contributed by atoms with Gasteiger partial charge >= 0.3 is 0 Å². The lowest BCUT2D eigenvalue weighted by Gasteiger charge is -2.26. The number of allylic oxidation sites excluding steroid dienone is 2. The zero-order valence-electron chi connectivity index (χ0n) is 11.4. The predicted molar refractivity (Wildman–Crippen MR) is 80.3 cm³/mol. The van der Waals surface area contributed by atoms with E-state index < -0.39 is 0 Å². The second-order valence-electron chi connectivity index (χ2n) is 5.48. The van der Waals surface area contributed by atoms with E-state index in [-0.39, 0.29) is 0 Å². The highest BCUT2D eigenvalue weighted by Gasteiger charge is 2.18. The molecule has 2 nitrogen and oxygen atoms in total. The fraction of sp³-hybridized carbons (Fsp3) is 0.438. The summed E-state index contributed by atoms with van der Waals surface area (Å²) in [6.45, 7) is 5.41. The Bertz CT molecular complexity index is 528. The fourth-order valence-electron chi connectivity index (χ4n) is 2.82. The van der Waals surface area contributed by atoms with Crippen molar-refractivity contribution in [3.05, 3.63) is 40.4 Å². The third kappa shape index (κ3) is 3.75. The number of halogens is 1. The average molecular weight is 275 g/mol. The summed E-state index contributed by atoms with van der Waals surface area (Å²) < 4.78 is 0. The summed E-state index contributed by atoms with van der Waals surface area (Å²) in [4.78, 5) is 0. The van der Waals surface area contributed by atoms with Crippen molar-refractivity contribution in [2.24, 2.45) is 11.8 Å². The normalized spacial score (nSPS) is 22.5. The molecule has 1 N–H and O–H groups in total. The van der Waals surface area contributed by atoms with Crippen molar-refractivity contribution >= 4 is 17.3 Å². The highest BCUT2D eigenvalue weighted by atomic mass is 35.5. The van der Waals surface area contributed by atoms with E-state index in [1.807, 2.05) is 6.07 Å². The van der Waals surface area contributed by atoms with Crippen LogP contribution >= 0.6 is 11.6 Å². The molecule has 3 heteroatoms. The van der Waals surface area contributed by atoms with Crippen LogP contribution in [0.3, 0.4) is 0 Å². The molecule has 0 fully saturated rings. The Labute approximate surface area is 120 Å². The van der Waals surface area contributed by atoms with Crippen molar-refractivity contribution in [2.45, 2.75) is 26.7 Å². The summed E-state index contributed by atoms with van der Waals surface area (Å²) in [5.41, 5.74) is 3.00. The molecule has 0 radical (unpaired) electrons. The fourth-order valence-corrected chi connectivity index (χ4v) is 3.07. The molecule has 1 aliphatic carbocycles. The Kier molecular flexibility index (Phi) is 4.50. The lowest BCUT2D eigenvalue weighted by molar-refractivity contribution is 0.421. The summed E-state index contributed by atoms with van der Waals surface area (Å²) in [5.74, 6) is 1.32. The highest BCUT2D eigenvalue weighted by molar-refractivity contribution is 6.33. The first-order valence-corrected chi connectivity index (χ1v) is 7.07. The standard InChI is InChI=1S/C16H19ClN2/c1-11-5-12(2)7-14(6-11)10-19-16-4-3-13(9-18)8-15(16)17/h3-5,8,11,14,19H,6-7,10H2,1-2H3. The van der Waals surface area contributed by atoms with Crippen molar-refractivity contribution in [3.8, 4) is 6.07 Å². The van der Waals surface area contributed by atoms with Crippen molar-refractivity contribution in [3.63, 3.8) is 0 Å². The number of hydrogen-bond donors (Lipinski definition) is 1. The molecule has 0 heterocycles. The zero-order valence-corrected chi connectivity index (χ0v) is 12.2. The molecule has 1 aromatic rings. The summed E-state index contributed by atoms with van der Waals surface area (Å²) >= 11 is 6.16. The van der Waals surface area contributed by atoms with Gasteiger partial charge in [0.1, 0.15) is 0 Å². The first-order chi connectivity index (χ1) is 9.08. The molecule has 0 saturated heterocycles. The third-order valence-electron chi connectivity index (χ3n) is 3.56. The van der Waals surface area contributed by atoms with Crippen molar-refractivity contribution in [1.29, 1.82) is 5.26 Å². The molecule has 100 valence electrons. The van der Waals surface area contributed by atoms with Crippen molar-refractivity contribution in [2.75, 3.05) is 11.9 Å². The van der Waals surface area contributed by atoms with Crippen LogP contribution in [0.1, 0.15) is 32.3 Å². The van der Waals surface area contributed by atoms with E-state index >= 15 is 0 Å². The van der Waals surface area contributed by atoms with Crippen LogP contribution in [0.4, 0.5) is 5.69 Å². The monoisotopic (exact) mass is 274 g/mol. The first kappa shape index (κ1) is 14.0. The molecule has 2 atom stereocenters. The molecule has 0 saturated carbocycles. The molecule has 2 unspecified atom stereocenters. The van der Waals surface area contributed by atoms with Gasteiger partial charge in [0.15, 0.2) is 0 Å². The Hall–Kier alpha value is -1.46. The quantitative estimate of drug-likeness (QED) is 0.817. The number of anilines is 1. The van der Waals surface area contributed by atoms with Gasteiger partial charge < -0.3 is 5.32 Å². The molecule has 2 rings (SSSR count). The summed E-state index contributed by atoms with van der Waals surface area (Å²) in [7, 11) is 0. The van der Waals surface area contributed by atoms with Crippen LogP contribution in [0.25, 0.3) is 0 Å². The Morgan fingerprint density at radius 3 is 2.89 bits per heavy atom. The summed E-state index contributed by atoms with van der Waals surface area (Å²) in [6, 6.07) is 7.48. The topological polar surface area (TPSA) is 35.8 Å². The minimum absolute atomic E-state index is 0.598. The van der Waals surface area contributed by atoms with Gasteiger partial charge in [0.05, 0.1) is 22.3 Å². The van der Waals surface area contributed by atoms with Gasteiger partial charge in [-0.3, -0.25) is 0 Å². The Morgan fingerprint density at radius 2 is 2.26 bits per heavy atom. The van der Waals surface area contributed by atoms with Gasteiger partial charge in [0, 0.05) is 6.54 Å². The summed E-state index contributed by atoms with van der Waals surface area (Å²) in [6.07, 6.45) is 4.74. The first-order valence-electron chi connectivity index (χ1n) is 6.69. The van der Waals surface area contributed by atoms with Crippen LogP contribution in [-0.4, -0.2) is 6.54 Å². The van der Waals surface area contributed by atoms with Gasteiger partial charge in [-0.1, -0.05) is 30.2 Å². The maximum atomic E-state index is 8.81. The maximum Gasteiger partial charge on any atom is 0.0992 e. The summed E-state index contributed by atoms with van der Waals surface area (Å²) in [5, 5.41) is 12.8. The molecule has 0 spiro atoms. The molecule has 0 aromatic heterocycles. The number of nitriles is 1. The lowest BCUT2D eigenvalue weighted by Crippen LogP contribution is -2.20. The molecule has 0 aliphatic heterocycles. The molecule has 0 bridgehead atoms. The van der Waals surface area contributed by atoms with Crippen LogP contribution in [-0.2, 0) is 0 Å². The van der Waals surface area contributed by atoms with Gasteiger partial charge in [-0.05, 0) is 49.8 Å². The smallest absolute Gasteiger partial charge is 0.0992 e. The van der Waals surface area contributed by atoms with Crippen molar-refractivity contribution in [1.82, 2.24) is 0 Å². The van der Waals surface area contributed by atoms with Crippen LogP contribution in [0.2, 0.25) is 5.02 Å². The van der Waals surface area contributed by atoms with Gasteiger partial charge in [-0.15, -0.1) is 0 Å². The Morgan fingerprint density at radius 1 is 1.47 bits per heavy atom. The SMILES string of the molecule is CC1=CC(C)CC(CNc2ccc(C#N)cc2Cl)C1. The highest BCUT2D eigenvalue weighted by Crippen LogP contribution is 2.29. The molecule has 1 aromatic carbocycles. The van der Waals surface area contributed by atoms with Crippen LogP contribution < -0.4 is 5.32 Å². The van der Waals surface area contributed by atoms with E-state index in [2.05, 4.69) is 31.3 Å². The predicted octanol–water partition coefficient (Wildman–Crippen LogP) is 4.62. The minimum Gasteiger partial charge on any atom is -0.384 e. The number of hydrogen-bond acceptors (Lipinski definition) is 2. The number of nitrogens with one attached hydrogen (secondary N) is 1. The number of benzene rings is 1. The van der Waals surface area contributed by atoms with E-state index in [0.717, 1.165) is 18.7 Å².